The smallest absolute Gasteiger partial charge is 0.246 e. The lowest BCUT2D eigenvalue weighted by molar-refractivity contribution is -0.117. The molecule has 1 aromatic rings. The summed E-state index contributed by atoms with van der Waals surface area (Å²) in [6.07, 6.45) is 1.62. The third-order valence-corrected chi connectivity index (χ3v) is 3.40. The average molecular weight is 376 g/mol. The van der Waals surface area contributed by atoms with Gasteiger partial charge in [0.2, 0.25) is 5.91 Å². The lowest BCUT2D eigenvalue weighted by Gasteiger charge is -2.08. The first kappa shape index (κ1) is 22.5. The lowest BCUT2D eigenvalue weighted by atomic mass is 10.2. The number of hydrogen-bond donors (Lipinski definition) is 3. The summed E-state index contributed by atoms with van der Waals surface area (Å²) >= 11 is 0. The highest BCUT2D eigenvalue weighted by Crippen LogP contribution is 2.10. The standard InChI is InChI=1S/C19H28N4O4/c1-15(2)19(24)22-12-16-4-6-17(7-5-16)21-13-18(23-20)14-27-11-10-26-9-8-25-3/h4-7,13,20-21H,1,8-12,14H2,2-3H3,(H,22,24)/b18-13-,23-20?. The Morgan fingerprint density at radius 2 is 1.85 bits per heavy atom. The number of nitrogens with one attached hydrogen (secondary N) is 3. The number of amides is 1. The molecule has 0 radical (unpaired) electrons. The van der Waals surface area contributed by atoms with Gasteiger partial charge in [0.15, 0.2) is 0 Å². The minimum absolute atomic E-state index is 0.161. The molecule has 0 fully saturated rings. The van der Waals surface area contributed by atoms with E-state index in [0.29, 0.717) is 44.2 Å². The predicted molar refractivity (Wildman–Crippen MR) is 103 cm³/mol. The molecule has 1 rings (SSSR count). The number of rotatable bonds is 14. The summed E-state index contributed by atoms with van der Waals surface area (Å²) in [6.45, 7) is 7.89. The molecule has 3 N–H and O–H groups in total. The van der Waals surface area contributed by atoms with Gasteiger partial charge in [0.05, 0.1) is 33.0 Å². The minimum Gasteiger partial charge on any atom is -0.382 e. The average Bonchev–Trinajstić information content (AvgIpc) is 2.68. The first-order valence-electron chi connectivity index (χ1n) is 8.57. The second-order valence-electron chi connectivity index (χ2n) is 5.71. The molecule has 8 nitrogen and oxygen atoms in total. The summed E-state index contributed by atoms with van der Waals surface area (Å²) in [4.78, 5) is 11.5. The number of carbonyl (C=O) groups is 1. The zero-order valence-corrected chi connectivity index (χ0v) is 15.9. The van der Waals surface area contributed by atoms with Crippen molar-refractivity contribution < 1.29 is 19.0 Å². The van der Waals surface area contributed by atoms with Gasteiger partial charge in [0.1, 0.15) is 5.70 Å². The van der Waals surface area contributed by atoms with Crippen molar-refractivity contribution in [1.82, 2.24) is 5.32 Å². The zero-order valence-electron chi connectivity index (χ0n) is 15.9. The van der Waals surface area contributed by atoms with E-state index < -0.39 is 0 Å². The van der Waals surface area contributed by atoms with Gasteiger partial charge < -0.3 is 24.8 Å². The number of benzene rings is 1. The number of ether oxygens (including phenoxy) is 3. The van der Waals surface area contributed by atoms with Crippen LogP contribution in [0, 0.1) is 5.53 Å². The van der Waals surface area contributed by atoms with E-state index in [-0.39, 0.29) is 12.5 Å². The SMILES string of the molecule is C=C(C)C(=O)NCc1ccc(N/C=C(/COCCOCCOC)N=N)cc1. The van der Waals surface area contributed by atoms with E-state index in [4.69, 9.17) is 19.7 Å². The highest BCUT2D eigenvalue weighted by atomic mass is 16.5. The molecule has 1 aromatic carbocycles. The molecule has 148 valence electrons. The number of hydrogen-bond acceptors (Lipinski definition) is 7. The van der Waals surface area contributed by atoms with Gasteiger partial charge >= 0.3 is 0 Å². The molecule has 0 saturated carbocycles. The lowest BCUT2D eigenvalue weighted by Crippen LogP contribution is -2.22. The van der Waals surface area contributed by atoms with Crippen molar-refractivity contribution in [1.29, 1.82) is 5.53 Å². The summed E-state index contributed by atoms with van der Waals surface area (Å²) < 4.78 is 15.6. The maximum absolute atomic E-state index is 11.5. The summed E-state index contributed by atoms with van der Waals surface area (Å²) in [5.74, 6) is -0.161. The Hall–Kier alpha value is -2.55. The van der Waals surface area contributed by atoms with Crippen LogP contribution in [-0.2, 0) is 25.5 Å². The normalized spacial score (nSPS) is 11.1. The molecule has 0 aliphatic carbocycles. The molecule has 0 spiro atoms. The van der Waals surface area contributed by atoms with Gasteiger partial charge in [-0.05, 0) is 24.6 Å². The van der Waals surface area contributed by atoms with Gasteiger partial charge in [-0.2, -0.15) is 5.11 Å². The monoisotopic (exact) mass is 376 g/mol. The second-order valence-corrected chi connectivity index (χ2v) is 5.71. The molecule has 0 saturated heterocycles. The second kappa shape index (κ2) is 13.6. The fourth-order valence-electron chi connectivity index (χ4n) is 1.86. The van der Waals surface area contributed by atoms with Crippen LogP contribution in [-0.4, -0.2) is 46.1 Å². The van der Waals surface area contributed by atoms with Crippen molar-refractivity contribution in [2.45, 2.75) is 13.5 Å². The minimum atomic E-state index is -0.161. The van der Waals surface area contributed by atoms with Gasteiger partial charge in [-0.25, -0.2) is 5.53 Å². The van der Waals surface area contributed by atoms with E-state index in [0.717, 1.165) is 11.3 Å². The Bertz CT molecular complexity index is 629. The van der Waals surface area contributed by atoms with Crippen LogP contribution in [0.5, 0.6) is 0 Å². The van der Waals surface area contributed by atoms with E-state index >= 15 is 0 Å². The van der Waals surface area contributed by atoms with Gasteiger partial charge in [-0.3, -0.25) is 4.79 Å². The van der Waals surface area contributed by atoms with Gasteiger partial charge in [0, 0.05) is 31.1 Å². The van der Waals surface area contributed by atoms with Gasteiger partial charge in [-0.15, -0.1) is 0 Å². The number of anilines is 1. The van der Waals surface area contributed by atoms with Crippen molar-refractivity contribution >= 4 is 11.6 Å². The maximum atomic E-state index is 11.5. The van der Waals surface area contributed by atoms with Crippen LogP contribution in [0.3, 0.4) is 0 Å². The molecule has 0 aliphatic rings. The van der Waals surface area contributed by atoms with Crippen LogP contribution >= 0.6 is 0 Å². The highest BCUT2D eigenvalue weighted by molar-refractivity contribution is 5.92. The first-order chi connectivity index (χ1) is 13.1. The van der Waals surface area contributed by atoms with Crippen molar-refractivity contribution in [3.8, 4) is 0 Å². The van der Waals surface area contributed by atoms with Crippen LogP contribution in [0.1, 0.15) is 12.5 Å². The summed E-state index contributed by atoms with van der Waals surface area (Å²) in [5.41, 5.74) is 9.96. The highest BCUT2D eigenvalue weighted by Gasteiger charge is 2.01. The van der Waals surface area contributed by atoms with Crippen LogP contribution in [0.4, 0.5) is 5.69 Å². The molecule has 0 bridgehead atoms. The topological polar surface area (TPSA) is 105 Å². The Kier molecular flexibility index (Phi) is 11.4. The van der Waals surface area contributed by atoms with Crippen LogP contribution in [0.25, 0.3) is 0 Å². The van der Waals surface area contributed by atoms with Gasteiger partial charge in [0.25, 0.3) is 0 Å². The first-order valence-corrected chi connectivity index (χ1v) is 8.57. The molecular formula is C19H28N4O4. The molecule has 0 aliphatic heterocycles. The molecule has 8 heteroatoms. The van der Waals surface area contributed by atoms with E-state index in [1.165, 1.54) is 0 Å². The van der Waals surface area contributed by atoms with Crippen LogP contribution in [0.2, 0.25) is 0 Å². The molecule has 0 aromatic heterocycles. The fourth-order valence-corrected chi connectivity index (χ4v) is 1.86. The Balaban J connectivity index is 2.34. The van der Waals surface area contributed by atoms with E-state index in [2.05, 4.69) is 22.3 Å². The zero-order chi connectivity index (χ0) is 19.9. The molecule has 27 heavy (non-hydrogen) atoms. The third kappa shape index (κ3) is 10.2. The maximum Gasteiger partial charge on any atom is 0.246 e. The van der Waals surface area contributed by atoms with Crippen molar-refractivity contribution in [2.24, 2.45) is 5.11 Å². The van der Waals surface area contributed by atoms with Crippen molar-refractivity contribution in [3.63, 3.8) is 0 Å². The summed E-state index contributed by atoms with van der Waals surface area (Å²) in [6, 6.07) is 7.57. The number of methoxy groups -OCH3 is 1. The number of carbonyl (C=O) groups excluding carboxylic acids is 1. The van der Waals surface area contributed by atoms with Gasteiger partial charge in [-0.1, -0.05) is 18.7 Å². The largest absolute Gasteiger partial charge is 0.382 e. The Morgan fingerprint density at radius 1 is 1.19 bits per heavy atom. The van der Waals surface area contributed by atoms with Crippen molar-refractivity contribution in [2.75, 3.05) is 45.5 Å². The van der Waals surface area contributed by atoms with Crippen molar-refractivity contribution in [3.05, 3.63) is 53.9 Å². The molecular weight excluding hydrogens is 348 g/mol. The Labute approximate surface area is 160 Å². The van der Waals surface area contributed by atoms with Crippen LogP contribution in [0.15, 0.2) is 53.4 Å². The molecule has 0 unspecified atom stereocenters. The molecule has 0 atom stereocenters. The number of nitrogens with zero attached hydrogens (tertiary/aromatic N) is 1. The summed E-state index contributed by atoms with van der Waals surface area (Å²) in [7, 11) is 1.62. The van der Waals surface area contributed by atoms with E-state index in [9.17, 15) is 4.79 Å². The Morgan fingerprint density at radius 3 is 2.48 bits per heavy atom. The van der Waals surface area contributed by atoms with E-state index in [1.807, 2.05) is 24.3 Å². The van der Waals surface area contributed by atoms with E-state index in [1.54, 1.807) is 20.2 Å². The summed E-state index contributed by atoms with van der Waals surface area (Å²) in [5, 5.41) is 9.29. The molecule has 1 amide bonds. The predicted octanol–water partition coefficient (Wildman–Crippen LogP) is 2.84. The third-order valence-electron chi connectivity index (χ3n) is 3.40. The molecule has 0 heterocycles. The quantitative estimate of drug-likeness (QED) is 0.263. The van der Waals surface area contributed by atoms with Crippen LogP contribution < -0.4 is 10.6 Å². The fraction of sp³-hybridized carbons (Fsp3) is 0.421.